The van der Waals surface area contributed by atoms with Crippen LogP contribution in [-0.2, 0) is 0 Å². The zero-order valence-corrected chi connectivity index (χ0v) is 7.54. The molecule has 1 aromatic carbocycles. The molecule has 0 aromatic heterocycles. The van der Waals surface area contributed by atoms with Crippen molar-refractivity contribution in [3.63, 3.8) is 0 Å². The third-order valence-corrected chi connectivity index (χ3v) is 2.06. The third kappa shape index (κ3) is 1.56. The molecule has 1 rings (SSSR count). The van der Waals surface area contributed by atoms with Gasteiger partial charge < -0.3 is 5.11 Å². The smallest absolute Gasteiger partial charge is 0.0974 e. The van der Waals surface area contributed by atoms with Gasteiger partial charge in [-0.3, -0.25) is 0 Å². The Kier molecular flexibility index (Phi) is 2.66. The van der Waals surface area contributed by atoms with Crippen LogP contribution in [0.2, 0.25) is 0 Å². The molecule has 0 amide bonds. The largest absolute Gasteiger partial charge is 0.384 e. The molecule has 12 heavy (non-hydrogen) atoms. The maximum atomic E-state index is 9.57. The summed E-state index contributed by atoms with van der Waals surface area (Å²) in [5.41, 5.74) is 3.21. The van der Waals surface area contributed by atoms with Crippen LogP contribution in [0.1, 0.15) is 22.8 Å². The van der Waals surface area contributed by atoms with E-state index in [-0.39, 0.29) is 0 Å². The number of rotatable bonds is 2. The Morgan fingerprint density at radius 2 is 1.83 bits per heavy atom. The molecule has 0 aliphatic carbocycles. The fraction of sp³-hybridized carbons (Fsp3) is 0.273. The first-order valence-corrected chi connectivity index (χ1v) is 4.03. The second-order valence-electron chi connectivity index (χ2n) is 2.99. The van der Waals surface area contributed by atoms with E-state index in [0.717, 1.165) is 16.7 Å². The number of aliphatic hydroxyl groups excluding tert-OH is 1. The Hall–Kier alpha value is -1.08. The van der Waals surface area contributed by atoms with Crippen LogP contribution in [0, 0.1) is 13.8 Å². The van der Waals surface area contributed by atoms with E-state index in [1.807, 2.05) is 32.0 Å². The van der Waals surface area contributed by atoms with E-state index in [4.69, 9.17) is 0 Å². The van der Waals surface area contributed by atoms with Crippen molar-refractivity contribution >= 4 is 0 Å². The van der Waals surface area contributed by atoms with Crippen LogP contribution in [-0.4, -0.2) is 5.11 Å². The standard InChI is InChI=1S/C11H14O/c1-4-10(12)11-8(2)6-5-7-9(11)3/h4-7,10,12H,1H2,2-3H3. The van der Waals surface area contributed by atoms with Crippen molar-refractivity contribution in [2.24, 2.45) is 0 Å². The molecule has 0 radical (unpaired) electrons. The Morgan fingerprint density at radius 1 is 1.33 bits per heavy atom. The highest BCUT2D eigenvalue weighted by Crippen LogP contribution is 2.21. The number of aliphatic hydroxyl groups is 1. The van der Waals surface area contributed by atoms with E-state index in [9.17, 15) is 5.11 Å². The highest BCUT2D eigenvalue weighted by molar-refractivity contribution is 5.36. The highest BCUT2D eigenvalue weighted by atomic mass is 16.3. The maximum absolute atomic E-state index is 9.57. The van der Waals surface area contributed by atoms with Gasteiger partial charge in [-0.15, -0.1) is 6.58 Å². The van der Waals surface area contributed by atoms with Crippen molar-refractivity contribution in [3.05, 3.63) is 47.5 Å². The van der Waals surface area contributed by atoms with Gasteiger partial charge in [0.15, 0.2) is 0 Å². The van der Waals surface area contributed by atoms with Gasteiger partial charge in [-0.25, -0.2) is 0 Å². The average Bonchev–Trinajstić information content (AvgIpc) is 2.03. The number of hydrogen-bond donors (Lipinski definition) is 1. The van der Waals surface area contributed by atoms with Gasteiger partial charge in [0.05, 0.1) is 6.10 Å². The van der Waals surface area contributed by atoms with E-state index in [2.05, 4.69) is 6.58 Å². The summed E-state index contributed by atoms with van der Waals surface area (Å²) in [7, 11) is 0. The van der Waals surface area contributed by atoms with Gasteiger partial charge in [0, 0.05) is 0 Å². The second kappa shape index (κ2) is 3.55. The topological polar surface area (TPSA) is 20.2 Å². The molecule has 0 saturated heterocycles. The molecule has 1 nitrogen and oxygen atoms in total. The summed E-state index contributed by atoms with van der Waals surface area (Å²) >= 11 is 0. The molecule has 1 heteroatoms. The first kappa shape index (κ1) is 9.01. The fourth-order valence-corrected chi connectivity index (χ4v) is 1.41. The summed E-state index contributed by atoms with van der Waals surface area (Å²) in [4.78, 5) is 0. The molecule has 64 valence electrons. The van der Waals surface area contributed by atoms with Crippen molar-refractivity contribution in [2.75, 3.05) is 0 Å². The van der Waals surface area contributed by atoms with Gasteiger partial charge in [0.1, 0.15) is 0 Å². The van der Waals surface area contributed by atoms with Crippen molar-refractivity contribution in [3.8, 4) is 0 Å². The van der Waals surface area contributed by atoms with Crippen molar-refractivity contribution in [1.29, 1.82) is 0 Å². The molecule has 1 unspecified atom stereocenters. The van der Waals surface area contributed by atoms with Gasteiger partial charge in [-0.2, -0.15) is 0 Å². The molecule has 0 spiro atoms. The molecule has 1 aromatic rings. The van der Waals surface area contributed by atoms with Gasteiger partial charge in [0.2, 0.25) is 0 Å². The number of benzene rings is 1. The predicted molar refractivity (Wildman–Crippen MR) is 51.1 cm³/mol. The van der Waals surface area contributed by atoms with Crippen LogP contribution in [0.25, 0.3) is 0 Å². The summed E-state index contributed by atoms with van der Waals surface area (Å²) in [6.07, 6.45) is 1.01. The molecule has 1 atom stereocenters. The molecular formula is C11H14O. The lowest BCUT2D eigenvalue weighted by molar-refractivity contribution is 0.227. The Balaban J connectivity index is 3.20. The second-order valence-corrected chi connectivity index (χ2v) is 2.99. The molecule has 0 heterocycles. The van der Waals surface area contributed by atoms with E-state index >= 15 is 0 Å². The zero-order chi connectivity index (χ0) is 9.14. The molecule has 0 fully saturated rings. The monoisotopic (exact) mass is 162 g/mol. The lowest BCUT2D eigenvalue weighted by atomic mass is 9.98. The van der Waals surface area contributed by atoms with Crippen molar-refractivity contribution in [1.82, 2.24) is 0 Å². The Morgan fingerprint density at radius 3 is 2.25 bits per heavy atom. The van der Waals surface area contributed by atoms with Gasteiger partial charge >= 0.3 is 0 Å². The third-order valence-electron chi connectivity index (χ3n) is 2.06. The van der Waals surface area contributed by atoms with E-state index < -0.39 is 6.10 Å². The Bertz CT molecular complexity index is 269. The summed E-state index contributed by atoms with van der Waals surface area (Å²) in [5, 5.41) is 9.57. The van der Waals surface area contributed by atoms with Gasteiger partial charge in [-0.05, 0) is 30.5 Å². The molecule has 1 N–H and O–H groups in total. The maximum Gasteiger partial charge on any atom is 0.0974 e. The summed E-state index contributed by atoms with van der Waals surface area (Å²) < 4.78 is 0. The summed E-state index contributed by atoms with van der Waals surface area (Å²) in [6, 6.07) is 5.98. The quantitative estimate of drug-likeness (QED) is 0.662. The van der Waals surface area contributed by atoms with Crippen LogP contribution < -0.4 is 0 Å². The SMILES string of the molecule is C=CC(O)c1c(C)cccc1C. The van der Waals surface area contributed by atoms with E-state index in [0.29, 0.717) is 0 Å². The first-order chi connectivity index (χ1) is 5.66. The molecule has 0 aliphatic rings. The molecule has 0 bridgehead atoms. The van der Waals surface area contributed by atoms with Crippen molar-refractivity contribution in [2.45, 2.75) is 20.0 Å². The number of hydrogen-bond acceptors (Lipinski definition) is 1. The predicted octanol–water partition coefficient (Wildman–Crippen LogP) is 2.52. The highest BCUT2D eigenvalue weighted by Gasteiger charge is 2.08. The van der Waals surface area contributed by atoms with E-state index in [1.54, 1.807) is 6.08 Å². The number of aryl methyl sites for hydroxylation is 2. The molecule has 0 aliphatic heterocycles. The average molecular weight is 162 g/mol. The summed E-state index contributed by atoms with van der Waals surface area (Å²) in [6.45, 7) is 7.56. The van der Waals surface area contributed by atoms with Crippen LogP contribution in [0.15, 0.2) is 30.9 Å². The van der Waals surface area contributed by atoms with Crippen LogP contribution >= 0.6 is 0 Å². The van der Waals surface area contributed by atoms with Crippen LogP contribution in [0.3, 0.4) is 0 Å². The zero-order valence-electron chi connectivity index (χ0n) is 7.54. The summed E-state index contributed by atoms with van der Waals surface area (Å²) in [5.74, 6) is 0. The minimum absolute atomic E-state index is 0.536. The van der Waals surface area contributed by atoms with E-state index in [1.165, 1.54) is 0 Å². The molecular weight excluding hydrogens is 148 g/mol. The minimum atomic E-state index is -0.536. The fourth-order valence-electron chi connectivity index (χ4n) is 1.41. The lowest BCUT2D eigenvalue weighted by Gasteiger charge is -2.12. The molecule has 0 saturated carbocycles. The normalized spacial score (nSPS) is 12.6. The lowest BCUT2D eigenvalue weighted by Crippen LogP contribution is -1.98. The first-order valence-electron chi connectivity index (χ1n) is 4.03. The Labute approximate surface area is 73.4 Å². The van der Waals surface area contributed by atoms with Crippen molar-refractivity contribution < 1.29 is 5.11 Å². The van der Waals surface area contributed by atoms with Crippen LogP contribution in [0.5, 0.6) is 0 Å². The van der Waals surface area contributed by atoms with Gasteiger partial charge in [0.25, 0.3) is 0 Å². The van der Waals surface area contributed by atoms with Crippen LogP contribution in [0.4, 0.5) is 0 Å². The van der Waals surface area contributed by atoms with Gasteiger partial charge in [-0.1, -0.05) is 24.3 Å². The minimum Gasteiger partial charge on any atom is -0.384 e.